The Labute approximate surface area is 90.4 Å². The van der Waals surface area contributed by atoms with Gasteiger partial charge in [-0.3, -0.25) is 4.21 Å². The van der Waals surface area contributed by atoms with Crippen molar-refractivity contribution in [3.05, 3.63) is 12.2 Å². The van der Waals surface area contributed by atoms with Crippen LogP contribution in [-0.4, -0.2) is 14.7 Å². The predicted octanol–water partition coefficient (Wildman–Crippen LogP) is 3.13. The van der Waals surface area contributed by atoms with E-state index in [-0.39, 0.29) is 21.3 Å². The Morgan fingerprint density at radius 2 is 1.14 bits per heavy atom. The van der Waals surface area contributed by atoms with E-state index >= 15 is 0 Å². The fraction of sp³-hybridized carbons (Fsp3) is 0.833. The van der Waals surface area contributed by atoms with Crippen LogP contribution in [0.4, 0.5) is 0 Å². The monoisotopic (exact) mass is 214 g/mol. The van der Waals surface area contributed by atoms with Crippen molar-refractivity contribution >= 4 is 10.8 Å². The molecule has 0 amide bonds. The van der Waals surface area contributed by atoms with Gasteiger partial charge in [-0.2, -0.15) is 0 Å². The van der Waals surface area contributed by atoms with Crippen LogP contribution >= 0.6 is 0 Å². The van der Waals surface area contributed by atoms with E-state index in [9.17, 15) is 4.21 Å². The van der Waals surface area contributed by atoms with Gasteiger partial charge in [0.15, 0.2) is 0 Å². The van der Waals surface area contributed by atoms with Crippen LogP contribution in [0.15, 0.2) is 12.2 Å². The van der Waals surface area contributed by atoms with Crippen LogP contribution in [0.2, 0.25) is 0 Å². The normalized spacial score (nSPS) is 33.7. The van der Waals surface area contributed by atoms with Crippen LogP contribution in [0.5, 0.6) is 0 Å². The Bertz CT molecular complexity index is 239. The lowest BCUT2D eigenvalue weighted by Gasteiger charge is -2.30. The first-order valence-electron chi connectivity index (χ1n) is 5.22. The minimum absolute atomic E-state index is 0.112. The van der Waals surface area contributed by atoms with Gasteiger partial charge in [-0.15, -0.1) is 0 Å². The molecule has 0 saturated carbocycles. The van der Waals surface area contributed by atoms with E-state index in [1.165, 1.54) is 0 Å². The summed E-state index contributed by atoms with van der Waals surface area (Å²) in [6.45, 7) is 12.9. The third-order valence-electron chi connectivity index (χ3n) is 2.67. The fourth-order valence-corrected chi connectivity index (χ4v) is 3.99. The average molecular weight is 214 g/mol. The molecule has 2 unspecified atom stereocenters. The van der Waals surface area contributed by atoms with Crippen LogP contribution in [0, 0.1) is 10.8 Å². The molecule has 0 fully saturated rings. The Balaban J connectivity index is 2.87. The van der Waals surface area contributed by atoms with Crippen LogP contribution < -0.4 is 0 Å². The second-order valence-electron chi connectivity index (χ2n) is 6.29. The maximum atomic E-state index is 12.2. The molecule has 14 heavy (non-hydrogen) atoms. The zero-order valence-electron chi connectivity index (χ0n) is 10.1. The SMILES string of the molecule is CC(C)(C)C1C=CC(C(C)(C)C)S1=O. The summed E-state index contributed by atoms with van der Waals surface area (Å²) in [6.07, 6.45) is 4.29. The quantitative estimate of drug-likeness (QED) is 0.566. The highest BCUT2D eigenvalue weighted by Gasteiger charge is 2.40. The summed E-state index contributed by atoms with van der Waals surface area (Å²) in [5.74, 6) is 0. The molecule has 1 nitrogen and oxygen atoms in total. The molecule has 2 atom stereocenters. The van der Waals surface area contributed by atoms with Crippen LogP contribution in [0.1, 0.15) is 41.5 Å². The largest absolute Gasteiger partial charge is 0.258 e. The van der Waals surface area contributed by atoms with Crippen molar-refractivity contribution in [2.45, 2.75) is 52.0 Å². The van der Waals surface area contributed by atoms with Gasteiger partial charge in [-0.25, -0.2) is 0 Å². The summed E-state index contributed by atoms with van der Waals surface area (Å²) in [6, 6.07) is 0. The standard InChI is InChI=1S/C12H22OS/c1-11(2,3)9-7-8-10(14(9)13)12(4,5)6/h7-10H,1-6H3. The van der Waals surface area contributed by atoms with Crippen molar-refractivity contribution < 1.29 is 4.21 Å². The van der Waals surface area contributed by atoms with Gasteiger partial charge in [-0.05, 0) is 10.8 Å². The Morgan fingerprint density at radius 1 is 0.857 bits per heavy atom. The van der Waals surface area contributed by atoms with Gasteiger partial charge in [-0.1, -0.05) is 53.7 Å². The molecule has 0 aliphatic carbocycles. The van der Waals surface area contributed by atoms with E-state index < -0.39 is 10.8 Å². The summed E-state index contributed by atoms with van der Waals surface area (Å²) in [5, 5.41) is 0.429. The molecule has 0 N–H and O–H groups in total. The molecule has 0 bridgehead atoms. The first kappa shape index (κ1) is 12.0. The van der Waals surface area contributed by atoms with Crippen molar-refractivity contribution in [2.24, 2.45) is 10.8 Å². The predicted molar refractivity (Wildman–Crippen MR) is 63.8 cm³/mol. The summed E-state index contributed by atoms with van der Waals surface area (Å²) in [7, 11) is -0.748. The fourth-order valence-electron chi connectivity index (χ4n) is 1.79. The second kappa shape index (κ2) is 3.48. The molecule has 1 rings (SSSR count). The summed E-state index contributed by atoms with van der Waals surface area (Å²) < 4.78 is 12.2. The van der Waals surface area contributed by atoms with Crippen LogP contribution in [0.25, 0.3) is 0 Å². The molecule has 1 aliphatic rings. The van der Waals surface area contributed by atoms with Gasteiger partial charge in [0, 0.05) is 10.8 Å². The Kier molecular flexibility index (Phi) is 2.97. The van der Waals surface area contributed by atoms with Crippen molar-refractivity contribution in [2.75, 3.05) is 0 Å². The van der Waals surface area contributed by atoms with E-state index in [4.69, 9.17) is 0 Å². The average Bonchev–Trinajstić information content (AvgIpc) is 2.26. The molecule has 0 aromatic carbocycles. The molecule has 0 saturated heterocycles. The summed E-state index contributed by atoms with van der Waals surface area (Å²) in [4.78, 5) is 0. The molecule has 0 aromatic rings. The zero-order chi connectivity index (χ0) is 11.1. The molecule has 1 aliphatic heterocycles. The molecule has 0 spiro atoms. The lowest BCUT2D eigenvalue weighted by Crippen LogP contribution is -2.35. The molecular formula is C12H22OS. The molecular weight excluding hydrogens is 192 g/mol. The first-order chi connectivity index (χ1) is 6.14. The van der Waals surface area contributed by atoms with Crippen molar-refractivity contribution in [1.82, 2.24) is 0 Å². The lowest BCUT2D eigenvalue weighted by molar-refractivity contribution is 0.413. The van der Waals surface area contributed by atoms with E-state index in [0.29, 0.717) is 0 Å². The van der Waals surface area contributed by atoms with Gasteiger partial charge in [0.05, 0.1) is 10.5 Å². The molecule has 1 heterocycles. The molecule has 0 aromatic heterocycles. The Hall–Kier alpha value is -0.110. The minimum atomic E-state index is -0.748. The zero-order valence-corrected chi connectivity index (χ0v) is 10.9. The number of hydrogen-bond acceptors (Lipinski definition) is 1. The maximum absolute atomic E-state index is 12.2. The van der Waals surface area contributed by atoms with Gasteiger partial charge in [0.1, 0.15) is 0 Å². The Morgan fingerprint density at radius 3 is 1.29 bits per heavy atom. The van der Waals surface area contributed by atoms with Crippen LogP contribution in [-0.2, 0) is 10.8 Å². The lowest BCUT2D eigenvalue weighted by atomic mass is 9.89. The third kappa shape index (κ3) is 2.28. The highest BCUT2D eigenvalue weighted by Crippen LogP contribution is 2.37. The molecule has 0 radical (unpaired) electrons. The second-order valence-corrected chi connectivity index (χ2v) is 7.96. The van der Waals surface area contributed by atoms with E-state index in [2.05, 4.69) is 53.7 Å². The minimum Gasteiger partial charge on any atom is -0.258 e. The molecule has 82 valence electrons. The van der Waals surface area contributed by atoms with Gasteiger partial charge < -0.3 is 0 Å². The summed E-state index contributed by atoms with van der Waals surface area (Å²) in [5.41, 5.74) is 0.225. The third-order valence-corrected chi connectivity index (χ3v) is 5.40. The topological polar surface area (TPSA) is 17.1 Å². The van der Waals surface area contributed by atoms with Crippen LogP contribution in [0.3, 0.4) is 0 Å². The van der Waals surface area contributed by atoms with Gasteiger partial charge in [0.2, 0.25) is 0 Å². The summed E-state index contributed by atoms with van der Waals surface area (Å²) >= 11 is 0. The highest BCUT2D eigenvalue weighted by atomic mass is 32.2. The first-order valence-corrected chi connectivity index (χ1v) is 6.49. The highest BCUT2D eigenvalue weighted by molar-refractivity contribution is 7.87. The van der Waals surface area contributed by atoms with E-state index in [1.54, 1.807) is 0 Å². The maximum Gasteiger partial charge on any atom is 0.0582 e. The van der Waals surface area contributed by atoms with Crippen molar-refractivity contribution in [3.63, 3.8) is 0 Å². The smallest absolute Gasteiger partial charge is 0.0582 e. The van der Waals surface area contributed by atoms with Gasteiger partial charge >= 0.3 is 0 Å². The van der Waals surface area contributed by atoms with Crippen molar-refractivity contribution in [1.29, 1.82) is 0 Å². The molecule has 2 heteroatoms. The van der Waals surface area contributed by atoms with Crippen molar-refractivity contribution in [3.8, 4) is 0 Å². The van der Waals surface area contributed by atoms with Gasteiger partial charge in [0.25, 0.3) is 0 Å². The van der Waals surface area contributed by atoms with E-state index in [0.717, 1.165) is 0 Å². The van der Waals surface area contributed by atoms with E-state index in [1.807, 2.05) is 0 Å². The number of hydrogen-bond donors (Lipinski definition) is 0. The number of rotatable bonds is 0.